The zero-order valence-corrected chi connectivity index (χ0v) is 20.3. The number of hydrogen-bond donors (Lipinski definition) is 0. The first-order chi connectivity index (χ1) is 15.3. The van der Waals surface area contributed by atoms with E-state index >= 15 is 0 Å². The van der Waals surface area contributed by atoms with E-state index in [1.807, 2.05) is 18.2 Å². The summed E-state index contributed by atoms with van der Waals surface area (Å²) in [6.45, 7) is 9.46. The molecule has 0 radical (unpaired) electrons. The van der Waals surface area contributed by atoms with Crippen LogP contribution in [0.5, 0.6) is 11.5 Å². The van der Waals surface area contributed by atoms with Gasteiger partial charge in [-0.1, -0.05) is 45.9 Å². The highest BCUT2D eigenvalue weighted by Crippen LogP contribution is 2.49. The van der Waals surface area contributed by atoms with Gasteiger partial charge < -0.3 is 19.3 Å². The van der Waals surface area contributed by atoms with Gasteiger partial charge in [0.2, 0.25) is 0 Å². The third-order valence-corrected chi connectivity index (χ3v) is 6.16. The molecule has 1 aliphatic heterocycles. The summed E-state index contributed by atoms with van der Waals surface area (Å²) in [6.07, 6.45) is 0. The molecule has 3 aromatic carbocycles. The molecule has 0 amide bonds. The summed E-state index contributed by atoms with van der Waals surface area (Å²) in [5, 5.41) is 0. The summed E-state index contributed by atoms with van der Waals surface area (Å²) in [7, 11) is 6.00. The van der Waals surface area contributed by atoms with Crippen molar-refractivity contribution in [2.45, 2.75) is 33.6 Å². The Morgan fingerprint density at radius 1 is 0.750 bits per heavy atom. The lowest BCUT2D eigenvalue weighted by atomic mass is 9.97. The van der Waals surface area contributed by atoms with Crippen LogP contribution in [0, 0.1) is 5.92 Å². The molecule has 0 aliphatic carbocycles. The predicted octanol–water partition coefficient (Wildman–Crippen LogP) is 7.37. The van der Waals surface area contributed by atoms with Crippen molar-refractivity contribution in [2.24, 2.45) is 5.92 Å². The molecular formula is C28H34N2O2. The summed E-state index contributed by atoms with van der Waals surface area (Å²) in [5.74, 6) is 2.62. The van der Waals surface area contributed by atoms with Crippen LogP contribution in [-0.4, -0.2) is 27.8 Å². The molecule has 168 valence electrons. The maximum Gasteiger partial charge on any atom is 0.130 e. The van der Waals surface area contributed by atoms with Crippen LogP contribution in [0.25, 0.3) is 11.1 Å². The molecule has 1 heterocycles. The van der Waals surface area contributed by atoms with Crippen LogP contribution in [0.2, 0.25) is 0 Å². The maximum absolute atomic E-state index is 6.18. The van der Waals surface area contributed by atoms with Crippen molar-refractivity contribution in [3.05, 3.63) is 60.2 Å². The molecule has 4 rings (SSSR count). The Bertz CT molecular complexity index is 1120. The van der Waals surface area contributed by atoms with E-state index in [4.69, 9.17) is 9.47 Å². The van der Waals surface area contributed by atoms with Crippen molar-refractivity contribution < 1.29 is 9.47 Å². The molecule has 0 saturated heterocycles. The van der Waals surface area contributed by atoms with Crippen molar-refractivity contribution in [1.82, 2.24) is 0 Å². The summed E-state index contributed by atoms with van der Waals surface area (Å²) in [6, 6.07) is 19.4. The third-order valence-electron chi connectivity index (χ3n) is 6.16. The normalized spacial score (nSPS) is 12.8. The Morgan fingerprint density at radius 3 is 2.00 bits per heavy atom. The van der Waals surface area contributed by atoms with Crippen LogP contribution in [-0.2, 0) is 0 Å². The van der Waals surface area contributed by atoms with E-state index in [0.29, 0.717) is 18.4 Å². The van der Waals surface area contributed by atoms with Crippen molar-refractivity contribution in [3.8, 4) is 22.6 Å². The number of nitrogens with zero attached hydrogens (tertiary/aromatic N) is 2. The van der Waals surface area contributed by atoms with Crippen LogP contribution >= 0.6 is 0 Å². The molecule has 0 spiro atoms. The fourth-order valence-corrected chi connectivity index (χ4v) is 4.28. The topological polar surface area (TPSA) is 24.9 Å². The van der Waals surface area contributed by atoms with Gasteiger partial charge in [-0.2, -0.15) is 0 Å². The van der Waals surface area contributed by atoms with Crippen LogP contribution in [0.1, 0.15) is 39.2 Å². The van der Waals surface area contributed by atoms with Crippen LogP contribution in [0.15, 0.2) is 54.6 Å². The Hall–Kier alpha value is -3.14. The van der Waals surface area contributed by atoms with Crippen LogP contribution in [0.3, 0.4) is 0 Å². The number of anilines is 4. The number of fused-ring (bicyclic) bond motifs is 2. The summed E-state index contributed by atoms with van der Waals surface area (Å²) in [5.41, 5.74) is 8.22. The summed E-state index contributed by atoms with van der Waals surface area (Å²) < 4.78 is 11.9. The van der Waals surface area contributed by atoms with Crippen molar-refractivity contribution in [1.29, 1.82) is 0 Å². The van der Waals surface area contributed by atoms with Crippen molar-refractivity contribution >= 4 is 22.7 Å². The molecule has 3 aromatic rings. The Balaban J connectivity index is 1.80. The van der Waals surface area contributed by atoms with Gasteiger partial charge in [-0.15, -0.1) is 0 Å². The minimum Gasteiger partial charge on any atom is -0.496 e. The second kappa shape index (κ2) is 8.78. The minimum atomic E-state index is 0.449. The Morgan fingerprint density at radius 2 is 1.38 bits per heavy atom. The van der Waals surface area contributed by atoms with Gasteiger partial charge in [0, 0.05) is 14.1 Å². The number of ether oxygens (including phenoxy) is 2. The highest BCUT2D eigenvalue weighted by Gasteiger charge is 2.26. The highest BCUT2D eigenvalue weighted by molar-refractivity contribution is 5.95. The zero-order chi connectivity index (χ0) is 23.0. The van der Waals surface area contributed by atoms with E-state index in [9.17, 15) is 0 Å². The van der Waals surface area contributed by atoms with E-state index in [1.54, 1.807) is 7.11 Å². The molecule has 4 nitrogen and oxygen atoms in total. The average Bonchev–Trinajstić information content (AvgIpc) is 2.80. The molecule has 4 heteroatoms. The standard InChI is InChI=1S/C28H34N2O2/c1-18(2)17-32-27-10-8-9-26(31-7)28(27)21-12-14-23-25(16-21)30(6)22-13-11-20(19(3)4)15-24(22)29(23)5/h8-16,18-19H,17H2,1-7H3. The predicted molar refractivity (Wildman–Crippen MR) is 135 cm³/mol. The van der Waals surface area contributed by atoms with Crippen LogP contribution in [0.4, 0.5) is 22.7 Å². The summed E-state index contributed by atoms with van der Waals surface area (Å²) in [4.78, 5) is 4.57. The molecule has 0 saturated carbocycles. The number of rotatable bonds is 6. The molecule has 0 atom stereocenters. The lowest BCUT2D eigenvalue weighted by Crippen LogP contribution is -2.24. The number of methoxy groups -OCH3 is 1. The highest BCUT2D eigenvalue weighted by atomic mass is 16.5. The molecule has 0 aromatic heterocycles. The van der Waals surface area contributed by atoms with Crippen LogP contribution < -0.4 is 19.3 Å². The number of benzene rings is 3. The lowest BCUT2D eigenvalue weighted by molar-refractivity contribution is 0.271. The first-order valence-corrected chi connectivity index (χ1v) is 11.4. The fourth-order valence-electron chi connectivity index (χ4n) is 4.28. The maximum atomic E-state index is 6.18. The SMILES string of the molecule is COc1cccc(OCC(C)C)c1-c1ccc2c(c1)N(C)c1ccc(C(C)C)cc1N2C. The van der Waals surface area contributed by atoms with Gasteiger partial charge in [-0.05, 0) is 59.4 Å². The largest absolute Gasteiger partial charge is 0.496 e. The monoisotopic (exact) mass is 430 g/mol. The van der Waals surface area contributed by atoms with Gasteiger partial charge in [0.25, 0.3) is 0 Å². The average molecular weight is 431 g/mol. The number of hydrogen-bond acceptors (Lipinski definition) is 4. The summed E-state index contributed by atoms with van der Waals surface area (Å²) >= 11 is 0. The van der Waals surface area contributed by atoms with E-state index < -0.39 is 0 Å². The van der Waals surface area contributed by atoms with Gasteiger partial charge in [-0.25, -0.2) is 0 Å². The molecule has 0 fully saturated rings. The third kappa shape index (κ3) is 3.90. The van der Waals surface area contributed by atoms with E-state index in [0.717, 1.165) is 28.3 Å². The molecule has 0 unspecified atom stereocenters. The Kier molecular flexibility index (Phi) is 6.05. The second-order valence-corrected chi connectivity index (χ2v) is 9.26. The molecule has 1 aliphatic rings. The first kappa shape index (κ1) is 22.1. The minimum absolute atomic E-state index is 0.449. The first-order valence-electron chi connectivity index (χ1n) is 11.4. The fraction of sp³-hybridized carbons (Fsp3) is 0.357. The van der Waals surface area contributed by atoms with E-state index in [2.05, 4.69) is 88.0 Å². The van der Waals surface area contributed by atoms with Gasteiger partial charge in [-0.3, -0.25) is 0 Å². The second-order valence-electron chi connectivity index (χ2n) is 9.26. The zero-order valence-electron chi connectivity index (χ0n) is 20.3. The van der Waals surface area contributed by atoms with E-state index in [-0.39, 0.29) is 0 Å². The van der Waals surface area contributed by atoms with E-state index in [1.165, 1.54) is 22.6 Å². The van der Waals surface area contributed by atoms with Crippen molar-refractivity contribution in [2.75, 3.05) is 37.6 Å². The quantitative estimate of drug-likeness (QED) is 0.407. The smallest absolute Gasteiger partial charge is 0.130 e. The van der Waals surface area contributed by atoms with Gasteiger partial charge >= 0.3 is 0 Å². The van der Waals surface area contributed by atoms with Gasteiger partial charge in [0.1, 0.15) is 11.5 Å². The molecule has 0 bridgehead atoms. The van der Waals surface area contributed by atoms with Gasteiger partial charge in [0.15, 0.2) is 0 Å². The molecule has 0 N–H and O–H groups in total. The van der Waals surface area contributed by atoms with Gasteiger partial charge in [0.05, 0.1) is 42.0 Å². The molecule has 32 heavy (non-hydrogen) atoms. The lowest BCUT2D eigenvalue weighted by Gasteiger charge is -2.37. The molecular weight excluding hydrogens is 396 g/mol. The Labute approximate surface area is 192 Å². The van der Waals surface area contributed by atoms with Crippen molar-refractivity contribution in [3.63, 3.8) is 0 Å².